The van der Waals surface area contributed by atoms with Crippen molar-refractivity contribution in [1.82, 2.24) is 14.9 Å². The normalized spacial score (nSPS) is 25.2. The van der Waals surface area contributed by atoms with Gasteiger partial charge in [0, 0.05) is 11.6 Å². The summed E-state index contributed by atoms with van der Waals surface area (Å²) in [4.78, 5) is 49.2. The molecule has 7 heteroatoms. The van der Waals surface area contributed by atoms with Gasteiger partial charge in [-0.2, -0.15) is 0 Å². The number of nitrogens with one attached hydrogen (secondary N) is 1. The average molecular weight is 519 g/mol. The highest BCUT2D eigenvalue weighted by Crippen LogP contribution is 2.56. The highest BCUT2D eigenvalue weighted by Gasteiger charge is 2.69. The molecular formula is C32H30N4O3. The van der Waals surface area contributed by atoms with Crippen LogP contribution in [0.5, 0.6) is 0 Å². The molecule has 3 aliphatic rings. The van der Waals surface area contributed by atoms with Crippen molar-refractivity contribution in [2.24, 2.45) is 17.8 Å². The summed E-state index contributed by atoms with van der Waals surface area (Å²) in [6, 6.07) is 20.5. The smallest absolute Gasteiger partial charge is 0.266 e. The van der Waals surface area contributed by atoms with Crippen LogP contribution in [0, 0.1) is 31.6 Å². The molecule has 1 aromatic heterocycles. The van der Waals surface area contributed by atoms with Gasteiger partial charge in [-0.1, -0.05) is 56.3 Å². The fraction of sp³-hybridized carbons (Fsp3) is 0.312. The average Bonchev–Trinajstić information content (AvgIpc) is 3.49. The van der Waals surface area contributed by atoms with E-state index in [1.165, 1.54) is 4.90 Å². The zero-order valence-electron chi connectivity index (χ0n) is 22.4. The topological polar surface area (TPSA) is 84.3 Å². The summed E-state index contributed by atoms with van der Waals surface area (Å²) in [5.74, 6) is -0.979. The molecule has 0 saturated carbocycles. The molecule has 1 N–H and O–H groups in total. The summed E-state index contributed by atoms with van der Waals surface area (Å²) >= 11 is 0. The summed E-state index contributed by atoms with van der Waals surface area (Å²) < 4.78 is 1.65. The van der Waals surface area contributed by atoms with Gasteiger partial charge in [-0.3, -0.25) is 24.3 Å². The van der Waals surface area contributed by atoms with Gasteiger partial charge in [0.1, 0.15) is 11.4 Å². The Morgan fingerprint density at radius 3 is 2.41 bits per heavy atom. The minimum atomic E-state index is -1.11. The molecule has 4 heterocycles. The lowest BCUT2D eigenvalue weighted by Gasteiger charge is -2.32. The first-order valence-electron chi connectivity index (χ1n) is 13.6. The number of nitrogens with zero attached hydrogens (tertiary/aromatic N) is 3. The molecule has 0 aliphatic carbocycles. The third kappa shape index (κ3) is 3.02. The van der Waals surface area contributed by atoms with Crippen LogP contribution < -0.4 is 15.8 Å². The predicted molar refractivity (Wildman–Crippen MR) is 150 cm³/mol. The zero-order chi connectivity index (χ0) is 27.2. The van der Waals surface area contributed by atoms with Gasteiger partial charge >= 0.3 is 0 Å². The molecule has 4 unspecified atom stereocenters. The van der Waals surface area contributed by atoms with Crippen molar-refractivity contribution in [2.45, 2.75) is 45.7 Å². The van der Waals surface area contributed by atoms with E-state index < -0.39 is 17.4 Å². The van der Waals surface area contributed by atoms with Crippen LogP contribution in [0.4, 0.5) is 5.69 Å². The molecule has 3 aliphatic heterocycles. The maximum absolute atomic E-state index is 14.6. The Kier molecular flexibility index (Phi) is 5.04. The van der Waals surface area contributed by atoms with E-state index in [0.717, 1.165) is 16.7 Å². The van der Waals surface area contributed by atoms with Crippen molar-refractivity contribution < 1.29 is 9.59 Å². The van der Waals surface area contributed by atoms with E-state index in [2.05, 4.69) is 19.2 Å². The minimum Gasteiger partial charge on any atom is -0.297 e. The SMILES string of the molecule is Cc1cccc(N2C(=O)C3C(CC(C)C)NC4(c5ccccc5-n5c4nc4ccccc4c5=O)C3C2=O)c1C. The van der Waals surface area contributed by atoms with Gasteiger partial charge in [0.2, 0.25) is 11.8 Å². The first-order valence-corrected chi connectivity index (χ1v) is 13.6. The number of para-hydroxylation sites is 2. The molecule has 0 bridgehead atoms. The van der Waals surface area contributed by atoms with E-state index in [1.807, 2.05) is 74.5 Å². The molecule has 196 valence electrons. The maximum Gasteiger partial charge on any atom is 0.266 e. The van der Waals surface area contributed by atoms with Crippen molar-refractivity contribution in [2.75, 3.05) is 4.90 Å². The number of fused-ring (bicyclic) bond motifs is 8. The van der Waals surface area contributed by atoms with E-state index >= 15 is 0 Å². The van der Waals surface area contributed by atoms with E-state index in [0.29, 0.717) is 40.4 Å². The van der Waals surface area contributed by atoms with Gasteiger partial charge in [-0.05, 0) is 61.6 Å². The van der Waals surface area contributed by atoms with Crippen LogP contribution in [0.2, 0.25) is 0 Å². The molecular weight excluding hydrogens is 488 g/mol. The second-order valence-corrected chi connectivity index (χ2v) is 11.5. The zero-order valence-corrected chi connectivity index (χ0v) is 22.4. The Hall–Kier alpha value is -4.10. The quantitative estimate of drug-likeness (QED) is 0.407. The first kappa shape index (κ1) is 24.0. The number of aromatic nitrogens is 2. The number of amides is 2. The number of anilines is 1. The molecule has 4 atom stereocenters. The number of benzene rings is 3. The van der Waals surface area contributed by atoms with E-state index in [1.54, 1.807) is 10.6 Å². The number of imide groups is 1. The van der Waals surface area contributed by atoms with E-state index in [9.17, 15) is 14.4 Å². The van der Waals surface area contributed by atoms with Crippen LogP contribution >= 0.6 is 0 Å². The van der Waals surface area contributed by atoms with Crippen LogP contribution in [0.25, 0.3) is 16.6 Å². The Morgan fingerprint density at radius 1 is 0.897 bits per heavy atom. The number of hydrogen-bond acceptors (Lipinski definition) is 5. The number of carbonyl (C=O) groups excluding carboxylic acids is 2. The third-order valence-corrected chi connectivity index (χ3v) is 8.90. The van der Waals surface area contributed by atoms with Gasteiger partial charge in [-0.15, -0.1) is 0 Å². The van der Waals surface area contributed by atoms with Gasteiger partial charge in [0.25, 0.3) is 5.56 Å². The molecule has 3 aromatic carbocycles. The molecule has 7 rings (SSSR count). The molecule has 4 aromatic rings. The number of aryl methyl sites for hydroxylation is 1. The second kappa shape index (κ2) is 8.20. The Labute approximate surface area is 226 Å². The standard InChI is InChI=1S/C32H30N4O3/c1-17(2)16-23-26-27(30(39)35(29(26)38)24-15-9-10-18(3)19(24)4)32(34-23)21-12-6-8-14-25(21)36-28(37)20-11-5-7-13-22(20)33-31(32)36/h5-15,17,23,26-27,34H,16H2,1-4H3. The largest absolute Gasteiger partial charge is 0.297 e. The minimum absolute atomic E-state index is 0.172. The summed E-state index contributed by atoms with van der Waals surface area (Å²) in [5, 5.41) is 4.29. The van der Waals surface area contributed by atoms with Crippen molar-refractivity contribution in [3.63, 3.8) is 0 Å². The van der Waals surface area contributed by atoms with Crippen LogP contribution in [0.15, 0.2) is 71.5 Å². The molecule has 2 saturated heterocycles. The van der Waals surface area contributed by atoms with Crippen LogP contribution in [-0.4, -0.2) is 27.4 Å². The van der Waals surface area contributed by atoms with Crippen LogP contribution in [-0.2, 0) is 15.1 Å². The van der Waals surface area contributed by atoms with Crippen LogP contribution in [0.3, 0.4) is 0 Å². The Balaban J connectivity index is 1.53. The Bertz CT molecular complexity index is 1770. The highest BCUT2D eigenvalue weighted by atomic mass is 16.2. The van der Waals surface area contributed by atoms with Gasteiger partial charge in [0.05, 0.1) is 34.1 Å². The molecule has 2 amide bonds. The lowest BCUT2D eigenvalue weighted by Crippen LogP contribution is -2.50. The lowest BCUT2D eigenvalue weighted by molar-refractivity contribution is -0.123. The summed E-state index contributed by atoms with van der Waals surface area (Å²) in [7, 11) is 0. The maximum atomic E-state index is 14.6. The molecule has 1 spiro atoms. The number of hydrogen-bond donors (Lipinski definition) is 1. The lowest BCUT2D eigenvalue weighted by atomic mass is 9.75. The van der Waals surface area contributed by atoms with E-state index in [4.69, 9.17) is 4.98 Å². The number of carbonyl (C=O) groups is 2. The van der Waals surface area contributed by atoms with Crippen molar-refractivity contribution in [3.8, 4) is 5.69 Å². The van der Waals surface area contributed by atoms with Gasteiger partial charge < -0.3 is 0 Å². The number of rotatable bonds is 3. The first-order chi connectivity index (χ1) is 18.8. The molecule has 2 fully saturated rings. The highest BCUT2D eigenvalue weighted by molar-refractivity contribution is 6.23. The molecule has 7 nitrogen and oxygen atoms in total. The molecule has 39 heavy (non-hydrogen) atoms. The van der Waals surface area contributed by atoms with E-state index in [-0.39, 0.29) is 23.4 Å². The summed E-state index contributed by atoms with van der Waals surface area (Å²) in [6.45, 7) is 8.18. The van der Waals surface area contributed by atoms with Crippen molar-refractivity contribution in [3.05, 3.63) is 99.6 Å². The van der Waals surface area contributed by atoms with Gasteiger partial charge in [0.15, 0.2) is 0 Å². The predicted octanol–water partition coefficient (Wildman–Crippen LogP) is 4.38. The molecule has 0 radical (unpaired) electrons. The van der Waals surface area contributed by atoms with Crippen LogP contribution in [0.1, 0.15) is 42.8 Å². The second-order valence-electron chi connectivity index (χ2n) is 11.5. The van der Waals surface area contributed by atoms with Gasteiger partial charge in [-0.25, -0.2) is 9.88 Å². The summed E-state index contributed by atoms with van der Waals surface area (Å²) in [5.41, 5.74) is 3.38. The monoisotopic (exact) mass is 518 g/mol. The Morgan fingerprint density at radius 2 is 1.62 bits per heavy atom. The summed E-state index contributed by atoms with van der Waals surface area (Å²) in [6.07, 6.45) is 0.711. The van der Waals surface area contributed by atoms with Crippen molar-refractivity contribution >= 4 is 28.4 Å². The fourth-order valence-corrected chi connectivity index (χ4v) is 7.14. The van der Waals surface area contributed by atoms with Crippen molar-refractivity contribution in [1.29, 1.82) is 0 Å². The third-order valence-electron chi connectivity index (χ3n) is 8.90. The fourth-order valence-electron chi connectivity index (χ4n) is 7.14.